The average molecular weight is 485 g/mol. The lowest BCUT2D eigenvalue weighted by Gasteiger charge is -2.28. The Hall–Kier alpha value is -3.80. The van der Waals surface area contributed by atoms with E-state index >= 15 is 0 Å². The summed E-state index contributed by atoms with van der Waals surface area (Å²) in [4.78, 5) is 22.3. The first-order valence-corrected chi connectivity index (χ1v) is 12.3. The van der Waals surface area contributed by atoms with E-state index in [1.54, 1.807) is 23.1 Å². The zero-order valence-electron chi connectivity index (χ0n) is 19.3. The van der Waals surface area contributed by atoms with Gasteiger partial charge in [0.15, 0.2) is 5.17 Å². The SMILES string of the molecule is CCN1C(=O)/C(=C\c2ccc(-c3ccc(C#N)cc3)o2)SC1=Nc1ccc(N2CCOCC2)cc1. The third-order valence-corrected chi connectivity index (χ3v) is 6.86. The van der Waals surface area contributed by atoms with Crippen LogP contribution in [-0.2, 0) is 9.53 Å². The molecule has 2 saturated heterocycles. The van der Waals surface area contributed by atoms with Gasteiger partial charge in [-0.2, -0.15) is 5.26 Å². The predicted octanol–water partition coefficient (Wildman–Crippen LogP) is 5.28. The summed E-state index contributed by atoms with van der Waals surface area (Å²) in [6, 6.07) is 21.1. The second-order valence-corrected chi connectivity index (χ2v) is 9.07. The number of aliphatic imine (C=N–C) groups is 1. The van der Waals surface area contributed by atoms with Gasteiger partial charge in [0.2, 0.25) is 0 Å². The number of amides is 1. The third-order valence-electron chi connectivity index (χ3n) is 5.85. The fourth-order valence-corrected chi connectivity index (χ4v) is 5.01. The van der Waals surface area contributed by atoms with Crippen molar-refractivity contribution < 1.29 is 13.9 Å². The molecule has 7 nitrogen and oxygen atoms in total. The standard InChI is InChI=1S/C27H24N4O3S/c1-2-31-26(32)25(17-23-11-12-24(34-23)20-5-3-19(18-28)4-6-20)35-27(31)29-21-7-9-22(10-8-21)30-13-15-33-16-14-30/h3-12,17H,2,13-16H2,1H3/b25-17+,29-27?. The van der Waals surface area contributed by atoms with Crippen LogP contribution in [-0.4, -0.2) is 48.8 Å². The van der Waals surface area contributed by atoms with E-state index in [-0.39, 0.29) is 5.91 Å². The molecule has 5 rings (SSSR count). The molecule has 3 aromatic rings. The van der Waals surface area contributed by atoms with Gasteiger partial charge in [-0.25, -0.2) is 4.99 Å². The summed E-state index contributed by atoms with van der Waals surface area (Å²) in [5.41, 5.74) is 3.42. The number of carbonyl (C=O) groups is 1. The number of anilines is 1. The highest BCUT2D eigenvalue weighted by molar-refractivity contribution is 8.18. The summed E-state index contributed by atoms with van der Waals surface area (Å²) >= 11 is 1.35. The predicted molar refractivity (Wildman–Crippen MR) is 138 cm³/mol. The van der Waals surface area contributed by atoms with Gasteiger partial charge in [0.05, 0.1) is 35.4 Å². The van der Waals surface area contributed by atoms with Crippen molar-refractivity contribution in [2.24, 2.45) is 4.99 Å². The fraction of sp³-hybridized carbons (Fsp3) is 0.222. The van der Waals surface area contributed by atoms with Crippen molar-refractivity contribution in [1.29, 1.82) is 5.26 Å². The fourth-order valence-electron chi connectivity index (χ4n) is 3.96. The van der Waals surface area contributed by atoms with E-state index in [4.69, 9.17) is 19.4 Å². The second kappa shape index (κ2) is 10.2. The summed E-state index contributed by atoms with van der Waals surface area (Å²) in [6.07, 6.45) is 1.76. The lowest BCUT2D eigenvalue weighted by Crippen LogP contribution is -2.36. The highest BCUT2D eigenvalue weighted by atomic mass is 32.2. The van der Waals surface area contributed by atoms with Crippen molar-refractivity contribution in [2.75, 3.05) is 37.7 Å². The minimum absolute atomic E-state index is 0.0856. The van der Waals surface area contributed by atoms with Crippen LogP contribution < -0.4 is 4.90 Å². The van der Waals surface area contributed by atoms with E-state index in [2.05, 4.69) is 23.1 Å². The van der Waals surface area contributed by atoms with Crippen molar-refractivity contribution in [3.63, 3.8) is 0 Å². The molecule has 0 saturated carbocycles. The number of furan rings is 1. The van der Waals surface area contributed by atoms with Crippen LogP contribution in [0.5, 0.6) is 0 Å². The molecule has 0 atom stereocenters. The van der Waals surface area contributed by atoms with E-state index in [1.807, 2.05) is 43.3 Å². The number of likely N-dealkylation sites (N-methyl/N-ethyl adjacent to an activating group) is 1. The van der Waals surface area contributed by atoms with Crippen molar-refractivity contribution in [3.8, 4) is 17.4 Å². The summed E-state index contributed by atoms with van der Waals surface area (Å²) in [5.74, 6) is 1.18. The largest absolute Gasteiger partial charge is 0.457 e. The molecule has 0 N–H and O–H groups in total. The highest BCUT2D eigenvalue weighted by Crippen LogP contribution is 2.35. The quantitative estimate of drug-likeness (QED) is 0.459. The van der Waals surface area contributed by atoms with Crippen molar-refractivity contribution in [2.45, 2.75) is 6.92 Å². The molecule has 176 valence electrons. The molecule has 2 fully saturated rings. The van der Waals surface area contributed by atoms with Crippen molar-refractivity contribution in [1.82, 2.24) is 4.90 Å². The first kappa shape index (κ1) is 23.0. The average Bonchev–Trinajstić information content (AvgIpc) is 3.49. The van der Waals surface area contributed by atoms with Crippen LogP contribution in [0.15, 0.2) is 75.0 Å². The van der Waals surface area contributed by atoms with Crippen LogP contribution in [0.4, 0.5) is 11.4 Å². The van der Waals surface area contributed by atoms with Crippen LogP contribution in [0, 0.1) is 11.3 Å². The molecule has 0 unspecified atom stereocenters. The van der Waals surface area contributed by atoms with Gasteiger partial charge in [-0.1, -0.05) is 0 Å². The van der Waals surface area contributed by atoms with Crippen molar-refractivity contribution in [3.05, 3.63) is 76.9 Å². The smallest absolute Gasteiger partial charge is 0.266 e. The normalized spacial score (nSPS) is 18.5. The summed E-state index contributed by atoms with van der Waals surface area (Å²) in [5, 5.41) is 9.63. The zero-order chi connectivity index (χ0) is 24.2. The molecule has 2 aromatic carbocycles. The molecule has 0 aliphatic carbocycles. The molecule has 8 heteroatoms. The molecular weight excluding hydrogens is 460 g/mol. The zero-order valence-corrected chi connectivity index (χ0v) is 20.1. The van der Waals surface area contributed by atoms with Gasteiger partial charge in [-0.05, 0) is 79.3 Å². The minimum Gasteiger partial charge on any atom is -0.457 e. The highest BCUT2D eigenvalue weighted by Gasteiger charge is 2.32. The molecule has 1 amide bonds. The molecule has 2 aliphatic rings. The molecule has 35 heavy (non-hydrogen) atoms. The van der Waals surface area contributed by atoms with E-state index in [1.165, 1.54) is 11.8 Å². The number of nitriles is 1. The number of benzene rings is 2. The number of carbonyl (C=O) groups excluding carboxylic acids is 1. The van der Waals surface area contributed by atoms with Gasteiger partial charge in [-0.15, -0.1) is 0 Å². The number of ether oxygens (including phenoxy) is 1. The lowest BCUT2D eigenvalue weighted by molar-refractivity contribution is -0.122. The summed E-state index contributed by atoms with van der Waals surface area (Å²) in [7, 11) is 0. The Morgan fingerprint density at radius 3 is 2.49 bits per heavy atom. The number of morpholine rings is 1. The van der Waals surface area contributed by atoms with E-state index < -0.39 is 0 Å². The molecule has 1 aromatic heterocycles. The summed E-state index contributed by atoms with van der Waals surface area (Å²) < 4.78 is 11.4. The van der Waals surface area contributed by atoms with Gasteiger partial charge < -0.3 is 14.1 Å². The Morgan fingerprint density at radius 1 is 1.06 bits per heavy atom. The number of amidine groups is 1. The first-order chi connectivity index (χ1) is 17.1. The lowest BCUT2D eigenvalue weighted by atomic mass is 10.1. The maximum Gasteiger partial charge on any atom is 0.266 e. The molecule has 0 bridgehead atoms. The van der Waals surface area contributed by atoms with E-state index in [9.17, 15) is 4.79 Å². The van der Waals surface area contributed by atoms with Gasteiger partial charge in [0, 0.05) is 37.0 Å². The molecule has 0 radical (unpaired) electrons. The third kappa shape index (κ3) is 5.02. The number of hydrogen-bond acceptors (Lipinski definition) is 7. The van der Waals surface area contributed by atoms with Crippen LogP contribution in [0.2, 0.25) is 0 Å². The minimum atomic E-state index is -0.0856. The van der Waals surface area contributed by atoms with Crippen LogP contribution >= 0.6 is 11.8 Å². The molecular formula is C27H24N4O3S. The monoisotopic (exact) mass is 484 g/mol. The Kier molecular flexibility index (Phi) is 6.70. The van der Waals surface area contributed by atoms with Crippen LogP contribution in [0.3, 0.4) is 0 Å². The van der Waals surface area contributed by atoms with Gasteiger partial charge in [0.25, 0.3) is 5.91 Å². The van der Waals surface area contributed by atoms with Gasteiger partial charge >= 0.3 is 0 Å². The number of nitrogens with zero attached hydrogens (tertiary/aromatic N) is 4. The van der Waals surface area contributed by atoms with Gasteiger partial charge in [0.1, 0.15) is 11.5 Å². The summed E-state index contributed by atoms with van der Waals surface area (Å²) in [6.45, 7) is 5.73. The molecule has 2 aliphatic heterocycles. The number of thioether (sulfide) groups is 1. The van der Waals surface area contributed by atoms with Crippen molar-refractivity contribution >= 4 is 40.3 Å². The Morgan fingerprint density at radius 2 is 1.80 bits per heavy atom. The Labute approximate surface area is 208 Å². The second-order valence-electron chi connectivity index (χ2n) is 8.06. The number of hydrogen-bond donors (Lipinski definition) is 0. The Balaban J connectivity index is 1.34. The van der Waals surface area contributed by atoms with E-state index in [0.717, 1.165) is 43.2 Å². The van der Waals surface area contributed by atoms with E-state index in [0.29, 0.717) is 33.7 Å². The number of rotatable bonds is 5. The molecule has 0 spiro atoms. The maximum absolute atomic E-state index is 13.0. The topological polar surface area (TPSA) is 82.1 Å². The van der Waals surface area contributed by atoms with Crippen LogP contribution in [0.25, 0.3) is 17.4 Å². The molecule has 3 heterocycles. The van der Waals surface area contributed by atoms with Gasteiger partial charge in [-0.3, -0.25) is 9.69 Å². The van der Waals surface area contributed by atoms with Crippen LogP contribution in [0.1, 0.15) is 18.2 Å². The first-order valence-electron chi connectivity index (χ1n) is 11.5. The Bertz CT molecular complexity index is 1310. The maximum atomic E-state index is 13.0.